The summed E-state index contributed by atoms with van der Waals surface area (Å²) in [4.78, 5) is 0. The molecule has 5 nitrogen and oxygen atoms in total. The van der Waals surface area contributed by atoms with Gasteiger partial charge in [0.15, 0.2) is 0 Å². The second-order valence-electron chi connectivity index (χ2n) is 4.60. The number of aromatic nitrogens is 2. The Balaban J connectivity index is 2.14. The lowest BCUT2D eigenvalue weighted by Gasteiger charge is -2.15. The molecule has 0 radical (unpaired) electrons. The number of rotatable bonds is 4. The van der Waals surface area contributed by atoms with Crippen LogP contribution < -0.4 is 11.3 Å². The van der Waals surface area contributed by atoms with Crippen LogP contribution in [0.5, 0.6) is 0 Å². The van der Waals surface area contributed by atoms with Crippen LogP contribution in [-0.2, 0) is 6.54 Å². The van der Waals surface area contributed by atoms with Crippen molar-refractivity contribution in [3.63, 3.8) is 0 Å². The summed E-state index contributed by atoms with van der Waals surface area (Å²) in [5, 5.41) is 5.35. The van der Waals surface area contributed by atoms with E-state index in [9.17, 15) is 0 Å². The molecule has 7 heteroatoms. The zero-order chi connectivity index (χ0) is 15.0. The number of nitrogens with one attached hydrogen (secondary N) is 1. The van der Waals surface area contributed by atoms with Crippen LogP contribution in [-0.4, -0.2) is 9.78 Å². The largest absolute Gasteiger partial charge is 0.458 e. The highest BCUT2D eigenvalue weighted by atomic mass is 79.9. The van der Waals surface area contributed by atoms with Gasteiger partial charge in [-0.1, -0.05) is 12.1 Å². The number of furan rings is 1. The van der Waals surface area contributed by atoms with Crippen LogP contribution in [0.1, 0.15) is 24.4 Å². The van der Waals surface area contributed by atoms with Gasteiger partial charge < -0.3 is 4.42 Å². The molecule has 0 saturated carbocycles. The van der Waals surface area contributed by atoms with Gasteiger partial charge in [-0.2, -0.15) is 5.10 Å². The summed E-state index contributed by atoms with van der Waals surface area (Å²) in [6, 6.07) is 7.65. The van der Waals surface area contributed by atoms with E-state index < -0.39 is 0 Å². The van der Waals surface area contributed by atoms with Crippen molar-refractivity contribution >= 4 is 42.8 Å². The first-order valence-corrected chi connectivity index (χ1v) is 8.09. The van der Waals surface area contributed by atoms with Gasteiger partial charge in [-0.05, 0) is 50.9 Å². The second kappa shape index (κ2) is 5.92. The first kappa shape index (κ1) is 14.8. The number of benzene rings is 1. The van der Waals surface area contributed by atoms with Crippen molar-refractivity contribution in [1.82, 2.24) is 15.2 Å². The lowest BCUT2D eigenvalue weighted by molar-refractivity contribution is 0.449. The predicted molar refractivity (Wildman–Crippen MR) is 88.7 cm³/mol. The van der Waals surface area contributed by atoms with Gasteiger partial charge >= 0.3 is 0 Å². The maximum atomic E-state index is 5.98. The van der Waals surface area contributed by atoms with Crippen molar-refractivity contribution in [2.75, 3.05) is 0 Å². The first-order chi connectivity index (χ1) is 10.2. The van der Waals surface area contributed by atoms with Crippen LogP contribution in [0.2, 0.25) is 0 Å². The zero-order valence-corrected chi connectivity index (χ0v) is 14.5. The van der Waals surface area contributed by atoms with Gasteiger partial charge in [-0.25, -0.2) is 5.43 Å². The van der Waals surface area contributed by atoms with E-state index in [1.165, 1.54) is 0 Å². The van der Waals surface area contributed by atoms with Crippen molar-refractivity contribution in [3.8, 4) is 0 Å². The Bertz CT molecular complexity index is 780. The van der Waals surface area contributed by atoms with Crippen molar-refractivity contribution in [2.45, 2.75) is 19.5 Å². The molecule has 0 spiro atoms. The molecule has 0 saturated heterocycles. The van der Waals surface area contributed by atoms with Crippen LogP contribution in [0.3, 0.4) is 0 Å². The maximum Gasteiger partial charge on any atom is 0.148 e. The lowest BCUT2D eigenvalue weighted by Crippen LogP contribution is -2.30. The molecule has 1 aromatic carbocycles. The summed E-state index contributed by atoms with van der Waals surface area (Å²) in [5.41, 5.74) is 4.57. The summed E-state index contributed by atoms with van der Waals surface area (Å²) in [6.45, 7) is 2.79. The van der Waals surface area contributed by atoms with E-state index in [2.05, 4.69) is 42.4 Å². The van der Waals surface area contributed by atoms with Gasteiger partial charge in [-0.15, -0.1) is 0 Å². The molecule has 0 aliphatic heterocycles. The summed E-state index contributed by atoms with van der Waals surface area (Å²) in [5.74, 6) is 6.51. The van der Waals surface area contributed by atoms with Gasteiger partial charge in [0.05, 0.1) is 20.8 Å². The molecule has 1 unspecified atom stereocenters. The molecule has 0 bridgehead atoms. The predicted octanol–water partition coefficient (Wildman–Crippen LogP) is 3.73. The number of hydrazine groups is 1. The molecule has 21 heavy (non-hydrogen) atoms. The van der Waals surface area contributed by atoms with E-state index in [1.807, 2.05) is 35.9 Å². The maximum absolute atomic E-state index is 5.98. The van der Waals surface area contributed by atoms with E-state index >= 15 is 0 Å². The molecule has 1 atom stereocenters. The zero-order valence-electron chi connectivity index (χ0n) is 11.3. The van der Waals surface area contributed by atoms with Gasteiger partial charge in [0.25, 0.3) is 0 Å². The number of fused-ring (bicyclic) bond motifs is 1. The molecule has 0 amide bonds. The van der Waals surface area contributed by atoms with Crippen LogP contribution in [0.25, 0.3) is 11.0 Å². The van der Waals surface area contributed by atoms with Gasteiger partial charge in [0, 0.05) is 11.9 Å². The molecule has 3 N–H and O–H groups in total. The Morgan fingerprint density at radius 1 is 1.38 bits per heavy atom. The molecule has 0 aliphatic rings. The highest BCUT2D eigenvalue weighted by molar-refractivity contribution is 9.11. The molecular formula is C14H14Br2N4O. The Hall–Kier alpha value is -1.15. The van der Waals surface area contributed by atoms with Crippen LogP contribution in [0, 0.1) is 0 Å². The van der Waals surface area contributed by atoms with Crippen LogP contribution >= 0.6 is 31.9 Å². The fourth-order valence-electron chi connectivity index (χ4n) is 2.40. The Morgan fingerprint density at radius 3 is 2.86 bits per heavy atom. The second-order valence-corrected chi connectivity index (χ2v) is 6.31. The number of nitrogens with zero attached hydrogens (tertiary/aromatic N) is 2. The van der Waals surface area contributed by atoms with E-state index in [-0.39, 0.29) is 6.04 Å². The molecular weight excluding hydrogens is 400 g/mol. The minimum atomic E-state index is -0.277. The summed E-state index contributed by atoms with van der Waals surface area (Å²) in [7, 11) is 0. The summed E-state index contributed by atoms with van der Waals surface area (Å²) >= 11 is 7.03. The number of aryl methyl sites for hydroxylation is 1. The average Bonchev–Trinajstić information content (AvgIpc) is 3.06. The van der Waals surface area contributed by atoms with Gasteiger partial charge in [-0.3, -0.25) is 10.5 Å². The topological polar surface area (TPSA) is 69.0 Å². The SMILES string of the molecule is CCn1ncc(Br)c1C(NN)c1cc2cccc(Br)c2o1. The summed E-state index contributed by atoms with van der Waals surface area (Å²) in [6.07, 6.45) is 1.77. The van der Waals surface area contributed by atoms with Crippen LogP contribution in [0.15, 0.2) is 43.8 Å². The number of hydrogen-bond donors (Lipinski definition) is 2. The molecule has 2 aromatic heterocycles. The molecule has 3 aromatic rings. The minimum Gasteiger partial charge on any atom is -0.458 e. The smallest absolute Gasteiger partial charge is 0.148 e. The average molecular weight is 414 g/mol. The third kappa shape index (κ3) is 2.55. The Morgan fingerprint density at radius 2 is 2.19 bits per heavy atom. The highest BCUT2D eigenvalue weighted by Gasteiger charge is 2.24. The quantitative estimate of drug-likeness (QED) is 0.505. The third-order valence-corrected chi connectivity index (χ3v) is 4.61. The fraction of sp³-hybridized carbons (Fsp3) is 0.214. The van der Waals surface area contributed by atoms with Crippen molar-refractivity contribution < 1.29 is 4.42 Å². The summed E-state index contributed by atoms with van der Waals surface area (Å²) < 4.78 is 9.68. The normalized spacial score (nSPS) is 13.0. The van der Waals surface area contributed by atoms with Gasteiger partial charge in [0.2, 0.25) is 0 Å². The van der Waals surface area contributed by atoms with E-state index in [4.69, 9.17) is 10.3 Å². The molecule has 0 aliphatic carbocycles. The Kier molecular flexibility index (Phi) is 4.17. The standard InChI is InChI=1S/C14H14Br2N4O/c1-2-20-13(10(16)7-18-20)12(19-17)11-6-8-4-3-5-9(15)14(8)21-11/h3-7,12,19H,2,17H2,1H3. The molecule has 110 valence electrons. The Labute approximate surface area is 138 Å². The number of nitrogens with two attached hydrogens (primary N) is 1. The highest BCUT2D eigenvalue weighted by Crippen LogP contribution is 2.34. The fourth-order valence-corrected chi connectivity index (χ4v) is 3.38. The monoisotopic (exact) mass is 412 g/mol. The van der Waals surface area contributed by atoms with Crippen molar-refractivity contribution in [3.05, 3.63) is 50.9 Å². The van der Waals surface area contributed by atoms with Crippen molar-refractivity contribution in [2.24, 2.45) is 5.84 Å². The molecule has 0 fully saturated rings. The number of para-hydroxylation sites is 1. The van der Waals surface area contributed by atoms with E-state index in [0.29, 0.717) is 0 Å². The number of halogens is 2. The van der Waals surface area contributed by atoms with E-state index in [1.54, 1.807) is 6.20 Å². The van der Waals surface area contributed by atoms with Crippen molar-refractivity contribution in [1.29, 1.82) is 0 Å². The minimum absolute atomic E-state index is 0.277. The van der Waals surface area contributed by atoms with E-state index in [0.717, 1.165) is 37.9 Å². The lowest BCUT2D eigenvalue weighted by atomic mass is 10.1. The van der Waals surface area contributed by atoms with Crippen LogP contribution in [0.4, 0.5) is 0 Å². The molecule has 2 heterocycles. The first-order valence-electron chi connectivity index (χ1n) is 6.51. The van der Waals surface area contributed by atoms with Gasteiger partial charge in [0.1, 0.15) is 17.4 Å². The number of hydrogen-bond acceptors (Lipinski definition) is 4. The molecule has 3 rings (SSSR count). The third-order valence-electron chi connectivity index (χ3n) is 3.37.